The van der Waals surface area contributed by atoms with Crippen LogP contribution in [0.15, 0.2) is 53.1 Å². The fourth-order valence-corrected chi connectivity index (χ4v) is 2.78. The van der Waals surface area contributed by atoms with Gasteiger partial charge in [0.1, 0.15) is 11.6 Å². The van der Waals surface area contributed by atoms with E-state index >= 15 is 0 Å². The van der Waals surface area contributed by atoms with Crippen molar-refractivity contribution in [3.63, 3.8) is 0 Å². The van der Waals surface area contributed by atoms with Crippen LogP contribution in [0.25, 0.3) is 11.5 Å². The average molecular weight is 302 g/mol. The van der Waals surface area contributed by atoms with Crippen molar-refractivity contribution in [2.75, 3.05) is 11.4 Å². The van der Waals surface area contributed by atoms with E-state index in [1.807, 2.05) is 30.3 Å². The fraction of sp³-hybridized carbons (Fsp3) is 0.167. The van der Waals surface area contributed by atoms with Crippen molar-refractivity contribution >= 4 is 5.82 Å². The summed E-state index contributed by atoms with van der Waals surface area (Å²) >= 11 is 0. The number of fused-ring (bicyclic) bond motifs is 1. The first-order valence-corrected chi connectivity index (χ1v) is 7.48. The number of nitriles is 1. The number of anilines is 1. The minimum atomic E-state index is 0.579. The average Bonchev–Trinajstić information content (AvgIpc) is 3.06. The summed E-state index contributed by atoms with van der Waals surface area (Å²) in [5.41, 5.74) is 2.44. The molecule has 0 atom stereocenters. The van der Waals surface area contributed by atoms with Gasteiger partial charge in [-0.3, -0.25) is 0 Å². The second kappa shape index (κ2) is 5.58. The fourth-order valence-electron chi connectivity index (χ4n) is 2.78. The van der Waals surface area contributed by atoms with Crippen LogP contribution >= 0.6 is 0 Å². The Morgan fingerprint density at radius 3 is 2.96 bits per heavy atom. The molecule has 1 aliphatic rings. The molecule has 23 heavy (non-hydrogen) atoms. The second-order valence-corrected chi connectivity index (χ2v) is 5.44. The molecule has 112 valence electrons. The van der Waals surface area contributed by atoms with Crippen molar-refractivity contribution in [1.29, 1.82) is 5.26 Å². The van der Waals surface area contributed by atoms with Crippen LogP contribution in [0.1, 0.15) is 17.0 Å². The molecule has 0 amide bonds. The van der Waals surface area contributed by atoms with E-state index in [9.17, 15) is 0 Å². The lowest BCUT2D eigenvalue weighted by molar-refractivity contribution is 0.494. The highest BCUT2D eigenvalue weighted by Crippen LogP contribution is 2.28. The predicted octanol–water partition coefficient (Wildman–Crippen LogP) is 3.17. The summed E-state index contributed by atoms with van der Waals surface area (Å²) in [6.45, 7) is 1.53. The summed E-state index contributed by atoms with van der Waals surface area (Å²) in [6.07, 6.45) is 2.62. The minimum absolute atomic E-state index is 0.579. The molecule has 0 saturated carbocycles. The van der Waals surface area contributed by atoms with Gasteiger partial charge in [-0.25, -0.2) is 9.97 Å². The molecule has 5 heteroatoms. The molecular weight excluding hydrogens is 288 g/mol. The van der Waals surface area contributed by atoms with Crippen molar-refractivity contribution in [1.82, 2.24) is 9.97 Å². The smallest absolute Gasteiger partial charge is 0.226 e. The number of hydrogen-bond acceptors (Lipinski definition) is 5. The summed E-state index contributed by atoms with van der Waals surface area (Å²) in [5.74, 6) is 2.40. The molecule has 0 N–H and O–H groups in total. The van der Waals surface area contributed by atoms with Gasteiger partial charge in [-0.05, 0) is 30.3 Å². The lowest BCUT2D eigenvalue weighted by Crippen LogP contribution is -2.30. The van der Waals surface area contributed by atoms with E-state index in [-0.39, 0.29) is 0 Å². The molecule has 0 fully saturated rings. The first-order chi connectivity index (χ1) is 11.3. The van der Waals surface area contributed by atoms with Crippen molar-refractivity contribution < 1.29 is 4.42 Å². The van der Waals surface area contributed by atoms with E-state index < -0.39 is 0 Å². The predicted molar refractivity (Wildman–Crippen MR) is 85.6 cm³/mol. The third-order valence-corrected chi connectivity index (χ3v) is 3.94. The molecule has 1 aliphatic heterocycles. The highest BCUT2D eigenvalue weighted by atomic mass is 16.4. The van der Waals surface area contributed by atoms with Gasteiger partial charge in [-0.15, -0.1) is 0 Å². The Morgan fingerprint density at radius 1 is 1.17 bits per heavy atom. The molecule has 0 unspecified atom stereocenters. The molecule has 5 nitrogen and oxygen atoms in total. The minimum Gasteiger partial charge on any atom is -0.439 e. The van der Waals surface area contributed by atoms with Crippen LogP contribution in [0.5, 0.6) is 0 Å². The van der Waals surface area contributed by atoms with E-state index in [4.69, 9.17) is 9.68 Å². The van der Waals surface area contributed by atoms with Gasteiger partial charge in [0, 0.05) is 24.7 Å². The Bertz CT molecular complexity index is 880. The molecule has 0 aliphatic carbocycles. The third kappa shape index (κ3) is 2.55. The Morgan fingerprint density at radius 2 is 2.13 bits per heavy atom. The second-order valence-electron chi connectivity index (χ2n) is 5.44. The quantitative estimate of drug-likeness (QED) is 0.727. The number of oxazole rings is 1. The van der Waals surface area contributed by atoms with Crippen LogP contribution in [0.3, 0.4) is 0 Å². The number of aromatic nitrogens is 2. The number of benzene rings is 1. The van der Waals surface area contributed by atoms with E-state index in [1.54, 1.807) is 18.3 Å². The normalized spacial score (nSPS) is 13.4. The molecule has 0 spiro atoms. The van der Waals surface area contributed by atoms with Crippen LogP contribution in [0, 0.1) is 11.3 Å². The van der Waals surface area contributed by atoms with E-state index in [1.165, 1.54) is 0 Å². The van der Waals surface area contributed by atoms with Crippen molar-refractivity contribution in [2.24, 2.45) is 0 Å². The molecule has 1 aromatic carbocycles. The zero-order valence-electron chi connectivity index (χ0n) is 12.4. The third-order valence-electron chi connectivity index (χ3n) is 3.94. The molecule has 4 rings (SSSR count). The monoisotopic (exact) mass is 302 g/mol. The lowest BCUT2D eigenvalue weighted by Gasteiger charge is -2.25. The lowest BCUT2D eigenvalue weighted by atomic mass is 10.1. The Balaban J connectivity index is 1.64. The van der Waals surface area contributed by atoms with Crippen LogP contribution in [0.2, 0.25) is 0 Å². The number of nitrogens with zero attached hydrogens (tertiary/aromatic N) is 4. The highest BCUT2D eigenvalue weighted by molar-refractivity contribution is 5.57. The number of rotatable bonds is 2. The Hall–Kier alpha value is -3.13. The maximum atomic E-state index is 9.02. The van der Waals surface area contributed by atoms with E-state index in [0.29, 0.717) is 18.0 Å². The maximum Gasteiger partial charge on any atom is 0.226 e. The molecule has 0 radical (unpaired) electrons. The van der Waals surface area contributed by atoms with Gasteiger partial charge in [0.25, 0.3) is 0 Å². The summed E-state index contributed by atoms with van der Waals surface area (Å²) in [4.78, 5) is 11.2. The van der Waals surface area contributed by atoms with E-state index in [0.717, 1.165) is 35.8 Å². The Kier molecular flexibility index (Phi) is 3.28. The first-order valence-electron chi connectivity index (χ1n) is 7.48. The van der Waals surface area contributed by atoms with Gasteiger partial charge in [0.15, 0.2) is 0 Å². The summed E-state index contributed by atoms with van der Waals surface area (Å²) in [7, 11) is 0. The van der Waals surface area contributed by atoms with Gasteiger partial charge >= 0.3 is 0 Å². The molecule has 0 bridgehead atoms. The summed E-state index contributed by atoms with van der Waals surface area (Å²) < 4.78 is 5.95. The topological polar surface area (TPSA) is 66.0 Å². The number of pyridine rings is 1. The van der Waals surface area contributed by atoms with Gasteiger partial charge in [0.2, 0.25) is 5.89 Å². The van der Waals surface area contributed by atoms with Gasteiger partial charge in [-0.1, -0.05) is 12.1 Å². The standard InChI is InChI=1S/C18H14N4O/c19-11-13-4-3-5-14(10-13)18-21-15-7-9-22(12-16(15)23-18)17-6-1-2-8-20-17/h1-6,8,10H,7,9,12H2. The Labute approximate surface area is 133 Å². The maximum absolute atomic E-state index is 9.02. The van der Waals surface area contributed by atoms with Crippen molar-refractivity contribution in [2.45, 2.75) is 13.0 Å². The largest absolute Gasteiger partial charge is 0.439 e. The summed E-state index contributed by atoms with van der Waals surface area (Å²) in [5, 5.41) is 9.02. The molecular formula is C18H14N4O. The molecule has 2 aromatic heterocycles. The van der Waals surface area contributed by atoms with Crippen molar-refractivity contribution in [3.8, 4) is 17.5 Å². The van der Waals surface area contributed by atoms with Gasteiger partial charge in [-0.2, -0.15) is 5.26 Å². The van der Waals surface area contributed by atoms with Gasteiger partial charge < -0.3 is 9.32 Å². The summed E-state index contributed by atoms with van der Waals surface area (Å²) in [6, 6.07) is 15.4. The molecule has 3 aromatic rings. The van der Waals surface area contributed by atoms with E-state index in [2.05, 4.69) is 20.9 Å². The zero-order valence-corrected chi connectivity index (χ0v) is 12.4. The zero-order chi connectivity index (χ0) is 15.6. The van der Waals surface area contributed by atoms with Crippen LogP contribution < -0.4 is 4.90 Å². The van der Waals surface area contributed by atoms with Crippen LogP contribution in [0.4, 0.5) is 5.82 Å². The first kappa shape index (κ1) is 13.5. The van der Waals surface area contributed by atoms with Crippen molar-refractivity contribution in [3.05, 3.63) is 65.7 Å². The molecule has 3 heterocycles. The highest BCUT2D eigenvalue weighted by Gasteiger charge is 2.23. The van der Waals surface area contributed by atoms with Gasteiger partial charge in [0.05, 0.1) is 23.9 Å². The number of hydrogen-bond donors (Lipinski definition) is 0. The molecule has 0 saturated heterocycles. The van der Waals surface area contributed by atoms with Crippen LogP contribution in [-0.4, -0.2) is 16.5 Å². The SMILES string of the molecule is N#Cc1cccc(-c2nc3c(o2)CN(c2ccccn2)CC3)c1. The van der Waals surface area contributed by atoms with Crippen LogP contribution in [-0.2, 0) is 13.0 Å².